The molecule has 36 heavy (non-hydrogen) atoms. The van der Waals surface area contributed by atoms with Gasteiger partial charge in [0.15, 0.2) is 0 Å². The zero-order valence-electron chi connectivity index (χ0n) is 24.9. The van der Waals surface area contributed by atoms with E-state index in [1.807, 2.05) is 26.8 Å². The molecule has 1 atom stereocenters. The Kier molecular flexibility index (Phi) is 43.3. The van der Waals surface area contributed by atoms with Crippen molar-refractivity contribution in [3.8, 4) is 0 Å². The Morgan fingerprint density at radius 2 is 1.36 bits per heavy atom. The monoisotopic (exact) mass is 531 g/mol. The predicted molar refractivity (Wildman–Crippen MR) is 164 cm³/mol. The molecule has 0 saturated heterocycles. The van der Waals surface area contributed by atoms with Crippen LogP contribution in [-0.2, 0) is 9.53 Å². The van der Waals surface area contributed by atoms with Crippen LogP contribution in [0.4, 0.5) is 0 Å². The Morgan fingerprint density at radius 3 is 1.86 bits per heavy atom. The molecular weight excluding hydrogens is 466 g/mol. The predicted octanol–water partition coefficient (Wildman–Crippen LogP) is 9.23. The van der Waals surface area contributed by atoms with E-state index in [1.165, 1.54) is 89.9 Å². The zero-order valence-corrected chi connectivity index (χ0v) is 25.7. The van der Waals surface area contributed by atoms with Crippen LogP contribution in [0.1, 0.15) is 150 Å². The fourth-order valence-corrected chi connectivity index (χ4v) is 4.54. The number of ether oxygens (including phenoxy) is 1. The van der Waals surface area contributed by atoms with Gasteiger partial charge < -0.3 is 15.6 Å². The average molecular weight is 532 g/mol. The van der Waals surface area contributed by atoms with Crippen LogP contribution in [0.25, 0.3) is 0 Å². The first-order valence-corrected chi connectivity index (χ1v) is 16.4. The van der Waals surface area contributed by atoms with E-state index >= 15 is 0 Å². The number of aliphatic hydroxyl groups is 1. The van der Waals surface area contributed by atoms with Crippen molar-refractivity contribution < 1.29 is 14.6 Å². The van der Waals surface area contributed by atoms with E-state index < -0.39 is 0 Å². The van der Waals surface area contributed by atoms with Gasteiger partial charge in [0, 0.05) is 18.4 Å². The minimum atomic E-state index is -0.0470. The average Bonchev–Trinajstić information content (AvgIpc) is 2.88. The SMILES string of the molecule is C=CCCCCCCCCO.CC.CCCCCCCCCCCCOC(=O)CCSCCC(C)N. The van der Waals surface area contributed by atoms with E-state index in [2.05, 4.69) is 13.5 Å². The van der Waals surface area contributed by atoms with Crippen LogP contribution in [0.2, 0.25) is 0 Å². The topological polar surface area (TPSA) is 72.5 Å². The van der Waals surface area contributed by atoms with Crippen molar-refractivity contribution in [3.05, 3.63) is 12.7 Å². The molecule has 0 saturated carbocycles. The number of hydrogen-bond acceptors (Lipinski definition) is 5. The van der Waals surface area contributed by atoms with Crippen LogP contribution in [0.3, 0.4) is 0 Å². The van der Waals surface area contributed by atoms with Crippen LogP contribution in [-0.4, -0.2) is 41.8 Å². The lowest BCUT2D eigenvalue weighted by molar-refractivity contribution is -0.143. The van der Waals surface area contributed by atoms with Crippen molar-refractivity contribution in [2.45, 2.75) is 156 Å². The Labute approximate surface area is 231 Å². The number of aliphatic hydroxyl groups excluding tert-OH is 1. The van der Waals surface area contributed by atoms with Crippen LogP contribution < -0.4 is 5.73 Å². The first-order valence-electron chi connectivity index (χ1n) is 15.3. The number of hydrogen-bond donors (Lipinski definition) is 2. The number of unbranched alkanes of at least 4 members (excludes halogenated alkanes) is 15. The molecule has 4 nitrogen and oxygen atoms in total. The summed E-state index contributed by atoms with van der Waals surface area (Å²) in [5, 5.41) is 8.49. The molecule has 0 spiro atoms. The van der Waals surface area contributed by atoms with Gasteiger partial charge in [0.2, 0.25) is 0 Å². The number of carbonyl (C=O) groups is 1. The van der Waals surface area contributed by atoms with Gasteiger partial charge in [0.1, 0.15) is 0 Å². The fourth-order valence-electron chi connectivity index (χ4n) is 3.48. The second kappa shape index (κ2) is 39.0. The normalized spacial score (nSPS) is 11.1. The smallest absolute Gasteiger partial charge is 0.306 e. The lowest BCUT2D eigenvalue weighted by atomic mass is 10.1. The maximum absolute atomic E-state index is 11.5. The van der Waals surface area contributed by atoms with E-state index in [0.29, 0.717) is 19.6 Å². The lowest BCUT2D eigenvalue weighted by Gasteiger charge is -2.06. The van der Waals surface area contributed by atoms with E-state index in [0.717, 1.165) is 37.2 Å². The van der Waals surface area contributed by atoms with Crippen molar-refractivity contribution in [2.75, 3.05) is 24.7 Å². The van der Waals surface area contributed by atoms with Gasteiger partial charge in [0.25, 0.3) is 0 Å². The van der Waals surface area contributed by atoms with Gasteiger partial charge >= 0.3 is 5.97 Å². The van der Waals surface area contributed by atoms with E-state index in [9.17, 15) is 4.79 Å². The molecule has 0 aromatic carbocycles. The summed E-state index contributed by atoms with van der Waals surface area (Å²) < 4.78 is 5.26. The van der Waals surface area contributed by atoms with Crippen LogP contribution in [0.5, 0.6) is 0 Å². The van der Waals surface area contributed by atoms with Crippen LogP contribution >= 0.6 is 11.8 Å². The highest BCUT2D eigenvalue weighted by atomic mass is 32.2. The Morgan fingerprint density at radius 1 is 0.861 bits per heavy atom. The maximum atomic E-state index is 11.5. The number of thioether (sulfide) groups is 1. The third-order valence-corrected chi connectivity index (χ3v) is 6.76. The highest BCUT2D eigenvalue weighted by Gasteiger charge is 2.03. The molecule has 0 aromatic rings. The van der Waals surface area contributed by atoms with Crippen molar-refractivity contribution in [1.29, 1.82) is 0 Å². The highest BCUT2D eigenvalue weighted by Crippen LogP contribution is 2.11. The first kappa shape index (κ1) is 40.0. The minimum Gasteiger partial charge on any atom is -0.466 e. The summed E-state index contributed by atoms with van der Waals surface area (Å²) in [6, 6.07) is 0.255. The number of allylic oxidation sites excluding steroid dienone is 1. The van der Waals surface area contributed by atoms with Crippen LogP contribution in [0, 0.1) is 0 Å². The largest absolute Gasteiger partial charge is 0.466 e. The molecule has 0 rings (SSSR count). The number of rotatable bonds is 25. The summed E-state index contributed by atoms with van der Waals surface area (Å²) in [5.41, 5.74) is 5.68. The van der Waals surface area contributed by atoms with Gasteiger partial charge in [-0.3, -0.25) is 4.79 Å². The van der Waals surface area contributed by atoms with Gasteiger partial charge in [-0.2, -0.15) is 11.8 Å². The van der Waals surface area contributed by atoms with Gasteiger partial charge in [-0.05, 0) is 44.8 Å². The summed E-state index contributed by atoms with van der Waals surface area (Å²) in [7, 11) is 0. The number of esters is 1. The molecule has 0 heterocycles. The molecular formula is C31H65NO3S. The summed E-state index contributed by atoms with van der Waals surface area (Å²) in [4.78, 5) is 11.5. The lowest BCUT2D eigenvalue weighted by Crippen LogP contribution is -2.15. The Balaban J connectivity index is -0.000000700. The summed E-state index contributed by atoms with van der Waals surface area (Å²) in [5.74, 6) is 1.83. The molecule has 218 valence electrons. The highest BCUT2D eigenvalue weighted by molar-refractivity contribution is 7.99. The molecule has 0 aromatic heterocycles. The molecule has 0 radical (unpaired) electrons. The third kappa shape index (κ3) is 43.5. The second-order valence-electron chi connectivity index (χ2n) is 9.45. The zero-order chi connectivity index (χ0) is 27.5. The van der Waals surface area contributed by atoms with Gasteiger partial charge in [-0.1, -0.05) is 110 Å². The molecule has 0 fully saturated rings. The van der Waals surface area contributed by atoms with Gasteiger partial charge in [-0.15, -0.1) is 6.58 Å². The molecule has 5 heteroatoms. The van der Waals surface area contributed by atoms with Gasteiger partial charge in [-0.25, -0.2) is 0 Å². The third-order valence-electron chi connectivity index (χ3n) is 5.75. The number of carbonyl (C=O) groups excluding carboxylic acids is 1. The molecule has 0 bridgehead atoms. The summed E-state index contributed by atoms with van der Waals surface area (Å²) in [6.07, 6.45) is 25.1. The molecule has 0 aliphatic heterocycles. The quantitative estimate of drug-likeness (QED) is 0.0697. The van der Waals surface area contributed by atoms with Crippen molar-refractivity contribution in [1.82, 2.24) is 0 Å². The summed E-state index contributed by atoms with van der Waals surface area (Å²) in [6.45, 7) is 12.9. The molecule has 0 aliphatic rings. The Bertz CT molecular complexity index is 405. The second-order valence-corrected chi connectivity index (χ2v) is 10.7. The fraction of sp³-hybridized carbons (Fsp3) is 0.903. The molecule has 1 unspecified atom stereocenters. The first-order chi connectivity index (χ1) is 17.6. The van der Waals surface area contributed by atoms with Gasteiger partial charge in [0.05, 0.1) is 13.0 Å². The maximum Gasteiger partial charge on any atom is 0.306 e. The minimum absolute atomic E-state index is 0.0470. The standard InChI is InChI=1S/C19H39NO2S.C10H20O.C2H6/c1-3-4-5-6-7-8-9-10-11-12-15-22-19(21)14-17-23-16-13-18(2)20;1-2-3-4-5-6-7-8-9-10-11;1-2/h18H,3-17,20H2,1-2H3;2,11H,1,3-10H2;1-2H3. The van der Waals surface area contributed by atoms with Crippen LogP contribution in [0.15, 0.2) is 12.7 Å². The Hall–Kier alpha value is -0.520. The van der Waals surface area contributed by atoms with Crippen molar-refractivity contribution >= 4 is 17.7 Å². The van der Waals surface area contributed by atoms with Crippen molar-refractivity contribution in [3.63, 3.8) is 0 Å². The summed E-state index contributed by atoms with van der Waals surface area (Å²) >= 11 is 1.79. The molecule has 0 aliphatic carbocycles. The molecule has 3 N–H and O–H groups in total. The van der Waals surface area contributed by atoms with E-state index in [4.69, 9.17) is 15.6 Å². The molecule has 0 amide bonds. The number of nitrogens with two attached hydrogens (primary N) is 1. The van der Waals surface area contributed by atoms with Crippen molar-refractivity contribution in [2.24, 2.45) is 5.73 Å². The van der Waals surface area contributed by atoms with E-state index in [-0.39, 0.29) is 12.0 Å². The van der Waals surface area contributed by atoms with E-state index in [1.54, 1.807) is 11.8 Å².